The van der Waals surface area contributed by atoms with Gasteiger partial charge in [-0.15, -0.1) is 0 Å². The van der Waals surface area contributed by atoms with Crippen molar-refractivity contribution < 1.29 is 55.0 Å². The number of fused-ring (bicyclic) bond motifs is 3. The molecule has 3 heterocycles. The van der Waals surface area contributed by atoms with E-state index in [0.717, 1.165) is 5.39 Å². The van der Waals surface area contributed by atoms with Gasteiger partial charge in [-0.2, -0.15) is 13.2 Å². The molecule has 3 fully saturated rings. The summed E-state index contributed by atoms with van der Waals surface area (Å²) >= 11 is 0. The Hall–Kier alpha value is -4.61. The number of sulfonamides is 1. The molecule has 58 heavy (non-hydrogen) atoms. The van der Waals surface area contributed by atoms with Crippen molar-refractivity contribution in [3.63, 3.8) is 0 Å². The molecule has 14 nitrogen and oxygen atoms in total. The summed E-state index contributed by atoms with van der Waals surface area (Å²) in [6.07, 6.45) is 0.254. The number of halogens is 3. The first-order valence-electron chi connectivity index (χ1n) is 19.7. The Kier molecular flexibility index (Phi) is 12.0. The van der Waals surface area contributed by atoms with Crippen molar-refractivity contribution in [3.05, 3.63) is 42.6 Å². The van der Waals surface area contributed by atoms with E-state index in [1.54, 1.807) is 37.4 Å². The van der Waals surface area contributed by atoms with E-state index in [0.29, 0.717) is 57.1 Å². The fourth-order valence-electron chi connectivity index (χ4n) is 7.67. The zero-order chi connectivity index (χ0) is 42.4. The normalized spacial score (nSPS) is 29.0. The summed E-state index contributed by atoms with van der Waals surface area (Å²) in [6.45, 7) is 8.61. The number of hydrogen-bond donors (Lipinski definition) is 3. The number of alkyl carbamates (subject to hydrolysis) is 1. The number of aromatic nitrogens is 1. The monoisotopic (exact) mass is 835 g/mol. The largest absolute Gasteiger partial charge is 0.491 e. The molecule has 2 saturated carbocycles. The zero-order valence-electron chi connectivity index (χ0n) is 33.4. The molecule has 4 amide bonds. The van der Waals surface area contributed by atoms with Gasteiger partial charge in [0.25, 0.3) is 5.91 Å². The number of nitrogens with zero attached hydrogens (tertiary/aromatic N) is 2. The number of benzene rings is 1. The van der Waals surface area contributed by atoms with Gasteiger partial charge >= 0.3 is 12.3 Å². The molecule has 0 spiro atoms. The minimum absolute atomic E-state index is 0.0328. The number of carbonyl (C=O) groups excluding carboxylic acids is 4. The number of nitrogens with one attached hydrogen (secondary N) is 3. The lowest BCUT2D eigenvalue weighted by molar-refractivity contribution is -0.244. The molecule has 0 bridgehead atoms. The van der Waals surface area contributed by atoms with Crippen molar-refractivity contribution in [1.82, 2.24) is 25.2 Å². The predicted octanol–water partition coefficient (Wildman–Crippen LogP) is 5.30. The Morgan fingerprint density at radius 3 is 2.47 bits per heavy atom. The van der Waals surface area contributed by atoms with Crippen LogP contribution in [0.2, 0.25) is 0 Å². The first-order chi connectivity index (χ1) is 27.1. The molecule has 7 atom stereocenters. The Labute approximate surface area is 336 Å². The molecule has 2 aliphatic carbocycles. The fourth-order valence-corrected chi connectivity index (χ4v) is 9.03. The summed E-state index contributed by atoms with van der Waals surface area (Å²) in [5, 5.41) is 5.85. The van der Waals surface area contributed by atoms with E-state index < -0.39 is 86.4 Å². The highest BCUT2D eigenvalue weighted by Crippen LogP contribution is 2.46. The molecule has 3 N–H and O–H groups in total. The molecule has 1 unspecified atom stereocenters. The molecule has 318 valence electrons. The number of alkyl halides is 3. The number of amides is 4. The van der Waals surface area contributed by atoms with Crippen LogP contribution in [-0.2, 0) is 29.1 Å². The standard InChI is InChI=1S/C40H52F3N5O9S/c1-22(2)55-27-11-14-30-25(18-27)15-16-44-34(30)56-28-19-31-33(49)46-39(36(51)47-58(53,54)29-12-13-29)20-26(39)10-8-7-9-23(3)17-24(4)32(35(50)48(31)21-28)45-37(52)57-38(5,6)40(41,42)43/h8,10-11,14-16,18,22-24,26,28-29,31-32H,7,9,12-13,17,19-21H2,1-6H3,(H,45,52)(H,46,49)(H,47,51)/b10-8-/t23-,24-,26?,28-,31+,32+,39-/m1/s1. The summed E-state index contributed by atoms with van der Waals surface area (Å²) in [4.78, 5) is 61.7. The second-order valence-electron chi connectivity index (χ2n) is 16.9. The molecule has 0 radical (unpaired) electrons. The van der Waals surface area contributed by atoms with Gasteiger partial charge in [-0.25, -0.2) is 18.2 Å². The number of ether oxygens (including phenoxy) is 3. The van der Waals surface area contributed by atoms with E-state index in [1.807, 2.05) is 32.9 Å². The Morgan fingerprint density at radius 1 is 1.07 bits per heavy atom. The van der Waals surface area contributed by atoms with Gasteiger partial charge in [0.2, 0.25) is 33.3 Å². The van der Waals surface area contributed by atoms with Crippen molar-refractivity contribution in [2.45, 2.75) is 133 Å². The Balaban J connectivity index is 1.34. The van der Waals surface area contributed by atoms with E-state index in [2.05, 4.69) is 20.3 Å². The molecular formula is C40H52F3N5O9S. The van der Waals surface area contributed by atoms with Crippen LogP contribution in [0, 0.1) is 17.8 Å². The maximum Gasteiger partial charge on any atom is 0.427 e. The summed E-state index contributed by atoms with van der Waals surface area (Å²) < 4.78 is 86.1. The maximum atomic E-state index is 14.7. The third kappa shape index (κ3) is 9.47. The zero-order valence-corrected chi connectivity index (χ0v) is 34.2. The van der Waals surface area contributed by atoms with Crippen molar-refractivity contribution >= 4 is 44.6 Å². The first kappa shape index (κ1) is 43.0. The van der Waals surface area contributed by atoms with E-state index in [4.69, 9.17) is 14.2 Å². The number of allylic oxidation sites excluding steroid dienone is 1. The van der Waals surface area contributed by atoms with Crippen molar-refractivity contribution in [3.8, 4) is 11.6 Å². The molecule has 1 saturated heterocycles. The van der Waals surface area contributed by atoms with Crippen LogP contribution >= 0.6 is 0 Å². The topological polar surface area (TPSA) is 182 Å². The summed E-state index contributed by atoms with van der Waals surface area (Å²) in [5.41, 5.74) is -4.51. The van der Waals surface area contributed by atoms with Crippen molar-refractivity contribution in [2.75, 3.05) is 6.54 Å². The minimum atomic E-state index is -4.91. The van der Waals surface area contributed by atoms with Gasteiger partial charge in [-0.1, -0.05) is 26.0 Å². The minimum Gasteiger partial charge on any atom is -0.491 e. The lowest BCUT2D eigenvalue weighted by atomic mass is 9.88. The van der Waals surface area contributed by atoms with Crippen molar-refractivity contribution in [1.29, 1.82) is 0 Å². The van der Waals surface area contributed by atoms with E-state index in [9.17, 15) is 40.8 Å². The molecule has 1 aromatic heterocycles. The van der Waals surface area contributed by atoms with E-state index in [1.165, 1.54) is 4.90 Å². The number of carbonyl (C=O) groups is 4. The summed E-state index contributed by atoms with van der Waals surface area (Å²) in [5.74, 6) is -2.80. The van der Waals surface area contributed by atoms with Crippen LogP contribution in [0.5, 0.6) is 11.6 Å². The van der Waals surface area contributed by atoms with Crippen LogP contribution in [0.1, 0.15) is 86.5 Å². The van der Waals surface area contributed by atoms with Crippen LogP contribution < -0.4 is 24.8 Å². The molecule has 1 aromatic carbocycles. The van der Waals surface area contributed by atoms with E-state index in [-0.39, 0.29) is 37.3 Å². The average molecular weight is 836 g/mol. The summed E-state index contributed by atoms with van der Waals surface area (Å²) in [6, 6.07) is 4.40. The van der Waals surface area contributed by atoms with Gasteiger partial charge in [0.15, 0.2) is 0 Å². The number of rotatable bonds is 9. The van der Waals surface area contributed by atoms with Crippen LogP contribution in [0.3, 0.4) is 0 Å². The third-order valence-corrected chi connectivity index (χ3v) is 13.1. The van der Waals surface area contributed by atoms with Gasteiger partial charge < -0.3 is 29.7 Å². The van der Waals surface area contributed by atoms with E-state index >= 15 is 0 Å². The molecule has 4 aliphatic rings. The molecular weight excluding hydrogens is 784 g/mol. The number of hydrogen-bond acceptors (Lipinski definition) is 10. The van der Waals surface area contributed by atoms with Gasteiger partial charge in [0.1, 0.15) is 29.5 Å². The third-order valence-electron chi connectivity index (χ3n) is 11.3. The quantitative estimate of drug-likeness (QED) is 0.281. The maximum absolute atomic E-state index is 14.7. The van der Waals surface area contributed by atoms with Crippen molar-refractivity contribution in [2.24, 2.45) is 17.8 Å². The highest BCUT2D eigenvalue weighted by molar-refractivity contribution is 7.91. The Morgan fingerprint density at radius 2 is 1.79 bits per heavy atom. The lowest BCUT2D eigenvalue weighted by Gasteiger charge is -2.34. The predicted molar refractivity (Wildman–Crippen MR) is 206 cm³/mol. The molecule has 2 aliphatic heterocycles. The van der Waals surface area contributed by atoms with Gasteiger partial charge in [-0.3, -0.25) is 19.1 Å². The molecule has 6 rings (SSSR count). The Bertz CT molecular complexity index is 2060. The fraction of sp³-hybridized carbons (Fsp3) is 0.625. The van der Waals surface area contributed by atoms with Crippen LogP contribution in [0.15, 0.2) is 42.6 Å². The number of pyridine rings is 1. The molecule has 18 heteroatoms. The SMILES string of the molecule is CC(C)Oc1ccc2c(O[C@@H]3C[C@H]4C(=O)N[C@]5(C(=O)NS(=O)(=O)C6CC6)CC5/C=C\CC[C@@H](C)C[C@@H](C)[C@H](NC(=O)OC(C)(C)C(F)(F)F)C(=O)N4C3)nccc2c1. The smallest absolute Gasteiger partial charge is 0.427 e. The van der Waals surface area contributed by atoms with Gasteiger partial charge in [-0.05, 0) is 108 Å². The second-order valence-corrected chi connectivity index (χ2v) is 18.9. The second kappa shape index (κ2) is 16.2. The highest BCUT2D eigenvalue weighted by Gasteiger charge is 2.62. The van der Waals surface area contributed by atoms with Gasteiger partial charge in [0, 0.05) is 23.9 Å². The summed E-state index contributed by atoms with van der Waals surface area (Å²) in [7, 11) is -3.98. The molecule has 2 aromatic rings. The highest BCUT2D eigenvalue weighted by atomic mass is 32.2. The average Bonchev–Trinajstić information content (AvgIpc) is 4.04. The first-order valence-corrected chi connectivity index (χ1v) is 21.3. The lowest BCUT2D eigenvalue weighted by Crippen LogP contribution is -2.59. The van der Waals surface area contributed by atoms with Crippen LogP contribution in [-0.4, -0.2) is 95.5 Å². The van der Waals surface area contributed by atoms with Crippen LogP contribution in [0.25, 0.3) is 10.8 Å². The van der Waals surface area contributed by atoms with Gasteiger partial charge in [0.05, 0.1) is 17.9 Å². The van der Waals surface area contributed by atoms with Crippen LogP contribution in [0.4, 0.5) is 18.0 Å².